The average Bonchev–Trinajstić information content (AvgIpc) is 3.71. The molecular weight excluding hydrogens is 645 g/mol. The molecule has 3 nitrogen and oxygen atoms in total. The number of anilines is 3. The molecule has 0 atom stereocenters. The fraction of sp³-hybridized carbons (Fsp3) is 0.0200. The Morgan fingerprint density at radius 2 is 1.02 bits per heavy atom. The van der Waals surface area contributed by atoms with Crippen molar-refractivity contribution in [3.05, 3.63) is 216 Å². The van der Waals surface area contributed by atoms with Crippen molar-refractivity contribution in [3.63, 3.8) is 0 Å². The number of para-hydroxylation sites is 2. The first kappa shape index (κ1) is 30.8. The lowest BCUT2D eigenvalue weighted by Gasteiger charge is -2.27. The van der Waals surface area contributed by atoms with Gasteiger partial charge in [-0.15, -0.1) is 0 Å². The summed E-state index contributed by atoms with van der Waals surface area (Å²) in [6, 6.07) is 68.2. The highest BCUT2D eigenvalue weighted by molar-refractivity contribution is 6.25. The van der Waals surface area contributed by atoms with Gasteiger partial charge in [0.15, 0.2) is 5.78 Å². The Hall–Kier alpha value is -6.97. The highest BCUT2D eigenvalue weighted by Gasteiger charge is 2.31. The third-order valence-electron chi connectivity index (χ3n) is 10.6. The lowest BCUT2D eigenvalue weighted by Crippen LogP contribution is -2.14. The molecule has 9 aromatic rings. The Bertz CT molecular complexity index is 2800. The van der Waals surface area contributed by atoms with Crippen LogP contribution in [0.1, 0.15) is 27.0 Å². The minimum Gasteiger partial charge on any atom is -0.310 e. The normalized spacial score (nSPS) is 11.9. The molecule has 0 saturated carbocycles. The summed E-state index contributed by atoms with van der Waals surface area (Å²) >= 11 is 0. The number of hydrogen-bond acceptors (Lipinski definition) is 2. The van der Waals surface area contributed by atoms with E-state index in [2.05, 4.69) is 185 Å². The van der Waals surface area contributed by atoms with Crippen molar-refractivity contribution in [2.45, 2.75) is 6.42 Å². The maximum absolute atomic E-state index is 14.0. The number of ketones is 1. The molecule has 0 spiro atoms. The van der Waals surface area contributed by atoms with Crippen LogP contribution in [0.5, 0.6) is 0 Å². The van der Waals surface area contributed by atoms with E-state index in [-0.39, 0.29) is 5.78 Å². The molecule has 0 amide bonds. The van der Waals surface area contributed by atoms with E-state index in [1.54, 1.807) is 0 Å². The predicted octanol–water partition coefficient (Wildman–Crippen LogP) is 12.7. The largest absolute Gasteiger partial charge is 0.310 e. The molecule has 53 heavy (non-hydrogen) atoms. The number of carbonyl (C=O) groups excluding carboxylic acids is 1. The molecule has 1 aliphatic rings. The van der Waals surface area contributed by atoms with E-state index in [1.807, 2.05) is 18.2 Å². The number of hydrogen-bond donors (Lipinski definition) is 0. The van der Waals surface area contributed by atoms with Gasteiger partial charge >= 0.3 is 0 Å². The quantitative estimate of drug-likeness (QED) is 0.168. The number of carbonyl (C=O) groups is 1. The van der Waals surface area contributed by atoms with Gasteiger partial charge in [-0.25, -0.2) is 0 Å². The van der Waals surface area contributed by atoms with Crippen LogP contribution in [0, 0.1) is 0 Å². The Morgan fingerprint density at radius 3 is 1.79 bits per heavy atom. The van der Waals surface area contributed by atoms with Crippen LogP contribution >= 0.6 is 0 Å². The van der Waals surface area contributed by atoms with Crippen LogP contribution < -0.4 is 4.90 Å². The summed E-state index contributed by atoms with van der Waals surface area (Å²) in [5.41, 5.74) is 14.7. The van der Waals surface area contributed by atoms with Gasteiger partial charge in [-0.2, -0.15) is 0 Å². The molecular formula is C50H34N2O. The highest BCUT2D eigenvalue weighted by Crippen LogP contribution is 2.46. The van der Waals surface area contributed by atoms with Gasteiger partial charge in [0.05, 0.1) is 22.3 Å². The second-order valence-electron chi connectivity index (χ2n) is 13.7. The van der Waals surface area contributed by atoms with Crippen molar-refractivity contribution >= 4 is 44.7 Å². The molecule has 0 N–H and O–H groups in total. The average molecular weight is 679 g/mol. The van der Waals surface area contributed by atoms with Crippen LogP contribution in [0.2, 0.25) is 0 Å². The van der Waals surface area contributed by atoms with Crippen LogP contribution in [0.4, 0.5) is 17.1 Å². The minimum absolute atomic E-state index is 0.0662. The van der Waals surface area contributed by atoms with E-state index in [4.69, 9.17) is 0 Å². The molecule has 0 aliphatic heterocycles. The van der Waals surface area contributed by atoms with Crippen molar-refractivity contribution in [2.75, 3.05) is 4.90 Å². The first-order valence-corrected chi connectivity index (χ1v) is 18.1. The van der Waals surface area contributed by atoms with Gasteiger partial charge < -0.3 is 9.47 Å². The molecule has 0 unspecified atom stereocenters. The topological polar surface area (TPSA) is 25.2 Å². The molecule has 0 saturated heterocycles. The van der Waals surface area contributed by atoms with Gasteiger partial charge in [0, 0.05) is 33.4 Å². The monoisotopic (exact) mass is 678 g/mol. The molecule has 250 valence electrons. The Kier molecular flexibility index (Phi) is 7.36. The van der Waals surface area contributed by atoms with E-state index in [0.29, 0.717) is 0 Å². The van der Waals surface area contributed by atoms with Crippen LogP contribution in [0.25, 0.3) is 49.7 Å². The van der Waals surface area contributed by atoms with Crippen LogP contribution in [-0.2, 0) is 6.42 Å². The zero-order valence-electron chi connectivity index (χ0n) is 29.0. The third kappa shape index (κ3) is 5.25. The molecule has 10 rings (SSSR count). The van der Waals surface area contributed by atoms with Gasteiger partial charge in [0.1, 0.15) is 0 Å². The first-order valence-electron chi connectivity index (χ1n) is 18.1. The molecule has 1 heterocycles. The summed E-state index contributed by atoms with van der Waals surface area (Å²) in [6.07, 6.45) is 0.860. The van der Waals surface area contributed by atoms with Gasteiger partial charge in [0.25, 0.3) is 0 Å². The van der Waals surface area contributed by atoms with Crippen molar-refractivity contribution < 1.29 is 4.79 Å². The molecule has 1 aromatic heterocycles. The first-order chi connectivity index (χ1) is 26.2. The van der Waals surface area contributed by atoms with Gasteiger partial charge in [-0.1, -0.05) is 133 Å². The van der Waals surface area contributed by atoms with E-state index < -0.39 is 0 Å². The third-order valence-corrected chi connectivity index (χ3v) is 10.6. The Labute approximate surface area is 308 Å². The van der Waals surface area contributed by atoms with E-state index in [0.717, 1.165) is 62.6 Å². The van der Waals surface area contributed by atoms with Gasteiger partial charge in [-0.05, 0) is 100 Å². The van der Waals surface area contributed by atoms with Crippen molar-refractivity contribution in [1.82, 2.24) is 4.57 Å². The lowest BCUT2D eigenvalue weighted by atomic mass is 10.00. The number of nitrogens with zero attached hydrogens (tertiary/aromatic N) is 2. The second kappa shape index (κ2) is 12.7. The second-order valence-corrected chi connectivity index (χ2v) is 13.7. The summed E-state index contributed by atoms with van der Waals surface area (Å²) < 4.78 is 2.35. The van der Waals surface area contributed by atoms with Crippen LogP contribution in [-0.4, -0.2) is 10.4 Å². The fourth-order valence-electron chi connectivity index (χ4n) is 8.07. The Morgan fingerprint density at radius 1 is 0.434 bits per heavy atom. The Balaban J connectivity index is 1.07. The van der Waals surface area contributed by atoms with Crippen molar-refractivity contribution in [3.8, 4) is 27.9 Å². The van der Waals surface area contributed by atoms with Crippen molar-refractivity contribution in [1.29, 1.82) is 0 Å². The van der Waals surface area contributed by atoms with Crippen LogP contribution in [0.3, 0.4) is 0 Å². The number of benzene rings is 8. The SMILES string of the molecule is O=C1c2ccccc2-c2cccc(N(c3ccc(Cc4ccccc4)cc3)c3ccc(-c4ccc5c(c4)c4ccccc4n5-c4ccccc4)cc3)c21. The van der Waals surface area contributed by atoms with E-state index in [1.165, 1.54) is 32.9 Å². The standard InChI is InChI=1S/C50H34N2O/c53-50-44-18-8-7-16-41(44)43-19-11-21-48(49(43)50)51(39-27-22-35(23-28-39)32-34-12-3-1-4-13-34)40-29-24-36(25-30-40)37-26-31-47-45(33-37)42-17-9-10-20-46(42)52(47)38-14-5-2-6-15-38/h1-31,33H,32H2. The summed E-state index contributed by atoms with van der Waals surface area (Å²) in [5.74, 6) is 0.0662. The minimum atomic E-state index is 0.0662. The maximum atomic E-state index is 14.0. The predicted molar refractivity (Wildman–Crippen MR) is 219 cm³/mol. The zero-order chi connectivity index (χ0) is 35.3. The molecule has 3 heteroatoms. The van der Waals surface area contributed by atoms with Crippen molar-refractivity contribution in [2.24, 2.45) is 0 Å². The summed E-state index contributed by atoms with van der Waals surface area (Å²) in [4.78, 5) is 16.3. The lowest BCUT2D eigenvalue weighted by molar-refractivity contribution is 0.104. The number of rotatable bonds is 7. The summed E-state index contributed by atoms with van der Waals surface area (Å²) in [5, 5.41) is 2.46. The smallest absolute Gasteiger partial charge is 0.196 e. The van der Waals surface area contributed by atoms with E-state index >= 15 is 0 Å². The van der Waals surface area contributed by atoms with E-state index in [9.17, 15) is 4.79 Å². The molecule has 0 radical (unpaired) electrons. The highest BCUT2D eigenvalue weighted by atomic mass is 16.1. The van der Waals surface area contributed by atoms with Crippen LogP contribution in [0.15, 0.2) is 194 Å². The number of aromatic nitrogens is 1. The summed E-state index contributed by atoms with van der Waals surface area (Å²) in [6.45, 7) is 0. The summed E-state index contributed by atoms with van der Waals surface area (Å²) in [7, 11) is 0. The number of fused-ring (bicyclic) bond motifs is 6. The van der Waals surface area contributed by atoms with Gasteiger partial charge in [-0.3, -0.25) is 4.79 Å². The molecule has 1 aliphatic carbocycles. The van der Waals surface area contributed by atoms with Gasteiger partial charge in [0.2, 0.25) is 0 Å². The molecule has 0 fully saturated rings. The molecule has 8 aromatic carbocycles. The zero-order valence-corrected chi connectivity index (χ0v) is 29.0. The maximum Gasteiger partial charge on any atom is 0.196 e. The molecule has 0 bridgehead atoms. The fourth-order valence-corrected chi connectivity index (χ4v) is 8.07.